The summed E-state index contributed by atoms with van der Waals surface area (Å²) in [5.74, 6) is 1.56. The average Bonchev–Trinajstić information content (AvgIpc) is 2.20. The number of hydrogen-bond acceptors (Lipinski definition) is 2. The van der Waals surface area contributed by atoms with Crippen molar-refractivity contribution >= 4 is 5.84 Å². The first kappa shape index (κ1) is 12.6. The standard InChI is InChI=1S/C13H20N2O/c1-9(2)11-5-4-10(3)12(8-11)16-7-6-13(14)15/h4-5,8-9H,6-7H2,1-3H3,(H3,14,15). The van der Waals surface area contributed by atoms with Crippen molar-refractivity contribution in [2.75, 3.05) is 6.61 Å². The van der Waals surface area contributed by atoms with Gasteiger partial charge in [-0.25, -0.2) is 0 Å². The second-order valence-electron chi connectivity index (χ2n) is 4.30. The average molecular weight is 220 g/mol. The van der Waals surface area contributed by atoms with Gasteiger partial charge in [0, 0.05) is 6.42 Å². The number of hydrogen-bond donors (Lipinski definition) is 2. The van der Waals surface area contributed by atoms with Gasteiger partial charge in [0.2, 0.25) is 0 Å². The molecule has 0 aromatic heterocycles. The summed E-state index contributed by atoms with van der Waals surface area (Å²) in [4.78, 5) is 0. The molecule has 1 aromatic carbocycles. The third-order valence-electron chi connectivity index (χ3n) is 2.51. The lowest BCUT2D eigenvalue weighted by Gasteiger charge is -2.12. The molecule has 88 valence electrons. The number of rotatable bonds is 5. The van der Waals surface area contributed by atoms with Gasteiger partial charge in [0.15, 0.2) is 0 Å². The Morgan fingerprint density at radius 2 is 2.12 bits per heavy atom. The minimum absolute atomic E-state index is 0.165. The highest BCUT2D eigenvalue weighted by molar-refractivity contribution is 5.76. The highest BCUT2D eigenvalue weighted by atomic mass is 16.5. The summed E-state index contributed by atoms with van der Waals surface area (Å²) in [5, 5.41) is 7.12. The maximum Gasteiger partial charge on any atom is 0.122 e. The fourth-order valence-electron chi connectivity index (χ4n) is 1.40. The Morgan fingerprint density at radius 3 is 2.69 bits per heavy atom. The molecule has 1 rings (SSSR count). The monoisotopic (exact) mass is 220 g/mol. The lowest BCUT2D eigenvalue weighted by Crippen LogP contribution is -2.14. The first-order valence-electron chi connectivity index (χ1n) is 5.57. The maximum atomic E-state index is 7.12. The summed E-state index contributed by atoms with van der Waals surface area (Å²) in [6.45, 7) is 6.80. The number of amidine groups is 1. The van der Waals surface area contributed by atoms with Crippen LogP contribution < -0.4 is 10.5 Å². The van der Waals surface area contributed by atoms with Gasteiger partial charge < -0.3 is 10.5 Å². The Hall–Kier alpha value is -1.51. The van der Waals surface area contributed by atoms with E-state index in [4.69, 9.17) is 15.9 Å². The van der Waals surface area contributed by atoms with E-state index in [2.05, 4.69) is 32.0 Å². The van der Waals surface area contributed by atoms with Gasteiger partial charge in [-0.15, -0.1) is 0 Å². The maximum absolute atomic E-state index is 7.12. The SMILES string of the molecule is Cc1ccc(C(C)C)cc1OCCC(=N)N. The molecule has 0 saturated heterocycles. The molecule has 0 aliphatic rings. The molecule has 3 heteroatoms. The van der Waals surface area contributed by atoms with Crippen molar-refractivity contribution < 1.29 is 4.74 Å². The van der Waals surface area contributed by atoms with Crippen LogP contribution in [0.1, 0.15) is 37.3 Å². The molecule has 0 aliphatic heterocycles. The van der Waals surface area contributed by atoms with Crippen LogP contribution in [0, 0.1) is 12.3 Å². The third-order valence-corrected chi connectivity index (χ3v) is 2.51. The molecular weight excluding hydrogens is 200 g/mol. The fraction of sp³-hybridized carbons (Fsp3) is 0.462. The Balaban J connectivity index is 2.70. The molecule has 0 atom stereocenters. The van der Waals surface area contributed by atoms with Crippen LogP contribution in [0.2, 0.25) is 0 Å². The minimum atomic E-state index is 0.165. The molecular formula is C13H20N2O. The molecule has 3 nitrogen and oxygen atoms in total. The summed E-state index contributed by atoms with van der Waals surface area (Å²) in [5.41, 5.74) is 7.66. The number of nitrogens with one attached hydrogen (secondary N) is 1. The zero-order valence-electron chi connectivity index (χ0n) is 10.2. The lowest BCUT2D eigenvalue weighted by atomic mass is 10.0. The molecule has 3 N–H and O–H groups in total. The summed E-state index contributed by atoms with van der Waals surface area (Å²) in [6.07, 6.45) is 0.478. The fourth-order valence-corrected chi connectivity index (χ4v) is 1.40. The molecule has 0 amide bonds. The first-order valence-corrected chi connectivity index (χ1v) is 5.57. The largest absolute Gasteiger partial charge is 0.493 e. The molecule has 0 heterocycles. The highest BCUT2D eigenvalue weighted by Crippen LogP contribution is 2.24. The predicted octanol–water partition coefficient (Wildman–Crippen LogP) is 2.82. The Labute approximate surface area is 97.1 Å². The minimum Gasteiger partial charge on any atom is -0.493 e. The zero-order chi connectivity index (χ0) is 12.1. The van der Waals surface area contributed by atoms with Crippen molar-refractivity contribution in [2.45, 2.75) is 33.1 Å². The molecule has 0 radical (unpaired) electrons. The first-order chi connectivity index (χ1) is 7.50. The van der Waals surface area contributed by atoms with E-state index < -0.39 is 0 Å². The van der Waals surface area contributed by atoms with Gasteiger partial charge >= 0.3 is 0 Å². The second-order valence-corrected chi connectivity index (χ2v) is 4.30. The Bertz CT molecular complexity index is 372. The van der Waals surface area contributed by atoms with Crippen LogP contribution in [-0.2, 0) is 0 Å². The summed E-state index contributed by atoms with van der Waals surface area (Å²) in [7, 11) is 0. The van der Waals surface area contributed by atoms with Crippen LogP contribution in [0.4, 0.5) is 0 Å². The van der Waals surface area contributed by atoms with E-state index in [-0.39, 0.29) is 5.84 Å². The van der Waals surface area contributed by atoms with Gasteiger partial charge in [-0.05, 0) is 30.0 Å². The molecule has 0 aliphatic carbocycles. The lowest BCUT2D eigenvalue weighted by molar-refractivity contribution is 0.326. The van der Waals surface area contributed by atoms with Crippen LogP contribution >= 0.6 is 0 Å². The number of aryl methyl sites for hydroxylation is 1. The van der Waals surface area contributed by atoms with Crippen molar-refractivity contribution in [1.82, 2.24) is 0 Å². The smallest absolute Gasteiger partial charge is 0.122 e. The summed E-state index contributed by atoms with van der Waals surface area (Å²) in [6, 6.07) is 6.26. The third kappa shape index (κ3) is 3.57. The van der Waals surface area contributed by atoms with E-state index in [0.717, 1.165) is 11.3 Å². The summed E-state index contributed by atoms with van der Waals surface area (Å²) >= 11 is 0. The topological polar surface area (TPSA) is 59.1 Å². The highest BCUT2D eigenvalue weighted by Gasteiger charge is 2.04. The second kappa shape index (κ2) is 5.54. The van der Waals surface area contributed by atoms with Crippen LogP contribution in [0.15, 0.2) is 18.2 Å². The van der Waals surface area contributed by atoms with Gasteiger partial charge in [0.1, 0.15) is 5.75 Å². The van der Waals surface area contributed by atoms with Crippen molar-refractivity contribution in [3.05, 3.63) is 29.3 Å². The Kier molecular flexibility index (Phi) is 4.35. The van der Waals surface area contributed by atoms with E-state index in [1.165, 1.54) is 5.56 Å². The van der Waals surface area contributed by atoms with Crippen molar-refractivity contribution in [3.8, 4) is 5.75 Å². The van der Waals surface area contributed by atoms with Crippen LogP contribution in [-0.4, -0.2) is 12.4 Å². The van der Waals surface area contributed by atoms with Crippen LogP contribution in [0.3, 0.4) is 0 Å². The predicted molar refractivity (Wildman–Crippen MR) is 67.3 cm³/mol. The molecule has 0 fully saturated rings. The molecule has 0 spiro atoms. The number of benzene rings is 1. The normalized spacial score (nSPS) is 10.5. The van der Waals surface area contributed by atoms with Gasteiger partial charge in [-0.1, -0.05) is 26.0 Å². The van der Waals surface area contributed by atoms with Gasteiger partial charge in [0.05, 0.1) is 12.4 Å². The molecule has 0 bridgehead atoms. The van der Waals surface area contributed by atoms with Gasteiger partial charge in [-0.3, -0.25) is 5.41 Å². The number of nitrogens with two attached hydrogens (primary N) is 1. The van der Waals surface area contributed by atoms with Crippen molar-refractivity contribution in [2.24, 2.45) is 5.73 Å². The van der Waals surface area contributed by atoms with E-state index in [9.17, 15) is 0 Å². The van der Waals surface area contributed by atoms with Gasteiger partial charge in [-0.2, -0.15) is 0 Å². The van der Waals surface area contributed by atoms with Crippen LogP contribution in [0.5, 0.6) is 5.75 Å². The molecule has 0 unspecified atom stereocenters. The Morgan fingerprint density at radius 1 is 1.44 bits per heavy atom. The quantitative estimate of drug-likeness (QED) is 0.592. The molecule has 1 aromatic rings. The van der Waals surface area contributed by atoms with Crippen molar-refractivity contribution in [3.63, 3.8) is 0 Å². The van der Waals surface area contributed by atoms with Crippen LogP contribution in [0.25, 0.3) is 0 Å². The number of ether oxygens (including phenoxy) is 1. The zero-order valence-corrected chi connectivity index (χ0v) is 10.2. The van der Waals surface area contributed by atoms with E-state index in [1.54, 1.807) is 0 Å². The van der Waals surface area contributed by atoms with Crippen molar-refractivity contribution in [1.29, 1.82) is 5.41 Å². The molecule has 16 heavy (non-hydrogen) atoms. The van der Waals surface area contributed by atoms with E-state index in [0.29, 0.717) is 18.9 Å². The van der Waals surface area contributed by atoms with Gasteiger partial charge in [0.25, 0.3) is 0 Å². The van der Waals surface area contributed by atoms with E-state index in [1.807, 2.05) is 6.92 Å². The van der Waals surface area contributed by atoms with E-state index >= 15 is 0 Å². The summed E-state index contributed by atoms with van der Waals surface area (Å²) < 4.78 is 5.62. The molecule has 0 saturated carbocycles.